The van der Waals surface area contributed by atoms with Crippen molar-refractivity contribution in [3.8, 4) is 0 Å². The largest absolute Gasteiger partial charge is 0.478 e. The molecular weight excluding hydrogens is 336 g/mol. The zero-order valence-electron chi connectivity index (χ0n) is 14.5. The molecule has 0 atom stereocenters. The number of benzene rings is 1. The van der Waals surface area contributed by atoms with Crippen LogP contribution >= 0.6 is 0 Å². The molecule has 0 unspecified atom stereocenters. The van der Waals surface area contributed by atoms with Crippen molar-refractivity contribution in [2.24, 2.45) is 21.5 Å². The molecule has 9 nitrogen and oxygen atoms in total. The second-order valence-electron chi connectivity index (χ2n) is 6.54. The lowest BCUT2D eigenvalue weighted by Crippen LogP contribution is -2.58. The molecule has 26 heavy (non-hydrogen) atoms. The third kappa shape index (κ3) is 3.19. The van der Waals surface area contributed by atoms with E-state index in [1.165, 1.54) is 13.0 Å². The number of aliphatic imine (C=N–C) groups is 2. The molecule has 9 heteroatoms. The first-order valence-corrected chi connectivity index (χ1v) is 8.47. The third-order valence-corrected chi connectivity index (χ3v) is 4.64. The van der Waals surface area contributed by atoms with Gasteiger partial charge < -0.3 is 21.9 Å². The molecule has 1 aliphatic carbocycles. The SMILES string of the molecule is CC(=O)Nc1ccc(N2C(N)=NC(N)=NC23CCCCC3)c(C(=O)O)c1. The van der Waals surface area contributed by atoms with E-state index in [-0.39, 0.29) is 23.4 Å². The molecule has 1 fully saturated rings. The van der Waals surface area contributed by atoms with E-state index in [0.717, 1.165) is 19.3 Å². The number of guanidine groups is 2. The van der Waals surface area contributed by atoms with E-state index in [9.17, 15) is 14.7 Å². The van der Waals surface area contributed by atoms with Gasteiger partial charge in [-0.05, 0) is 43.9 Å². The minimum Gasteiger partial charge on any atom is -0.478 e. The van der Waals surface area contributed by atoms with Gasteiger partial charge in [-0.1, -0.05) is 6.42 Å². The van der Waals surface area contributed by atoms with Crippen molar-refractivity contribution < 1.29 is 14.7 Å². The Kier molecular flexibility index (Phi) is 4.54. The highest BCUT2D eigenvalue weighted by atomic mass is 16.4. The van der Waals surface area contributed by atoms with E-state index < -0.39 is 11.6 Å². The predicted molar refractivity (Wildman–Crippen MR) is 99.2 cm³/mol. The van der Waals surface area contributed by atoms with Crippen molar-refractivity contribution in [1.29, 1.82) is 0 Å². The number of anilines is 2. The van der Waals surface area contributed by atoms with Gasteiger partial charge in [0.15, 0.2) is 0 Å². The molecule has 1 aromatic carbocycles. The average Bonchev–Trinajstić information content (AvgIpc) is 2.55. The van der Waals surface area contributed by atoms with Crippen molar-refractivity contribution in [1.82, 2.24) is 0 Å². The summed E-state index contributed by atoms with van der Waals surface area (Å²) in [6.07, 6.45) is 4.36. The molecule has 138 valence electrons. The molecule has 0 bridgehead atoms. The van der Waals surface area contributed by atoms with E-state index in [0.29, 0.717) is 24.2 Å². The number of hydrogen-bond acceptors (Lipinski definition) is 7. The van der Waals surface area contributed by atoms with Crippen LogP contribution in [0.4, 0.5) is 11.4 Å². The molecule has 0 saturated heterocycles. The van der Waals surface area contributed by atoms with E-state index in [1.807, 2.05) is 0 Å². The number of carboxylic acids is 1. The Morgan fingerprint density at radius 3 is 2.54 bits per heavy atom. The molecule has 6 N–H and O–H groups in total. The van der Waals surface area contributed by atoms with Gasteiger partial charge in [-0.2, -0.15) is 4.99 Å². The monoisotopic (exact) mass is 358 g/mol. The fourth-order valence-electron chi connectivity index (χ4n) is 3.65. The Balaban J connectivity index is 2.12. The van der Waals surface area contributed by atoms with Crippen LogP contribution in [0.2, 0.25) is 0 Å². The number of carbonyl (C=O) groups is 2. The number of nitrogens with zero attached hydrogens (tertiary/aromatic N) is 3. The summed E-state index contributed by atoms with van der Waals surface area (Å²) in [4.78, 5) is 33.4. The van der Waals surface area contributed by atoms with Crippen molar-refractivity contribution in [3.05, 3.63) is 23.8 Å². The smallest absolute Gasteiger partial charge is 0.337 e. The highest BCUT2D eigenvalue weighted by molar-refractivity contribution is 6.09. The zero-order valence-corrected chi connectivity index (χ0v) is 14.5. The molecule has 0 radical (unpaired) electrons. The summed E-state index contributed by atoms with van der Waals surface area (Å²) in [6, 6.07) is 4.66. The number of rotatable bonds is 3. The van der Waals surface area contributed by atoms with Crippen LogP contribution in [0.3, 0.4) is 0 Å². The first-order chi connectivity index (χ1) is 12.3. The van der Waals surface area contributed by atoms with Crippen molar-refractivity contribution >= 4 is 35.2 Å². The van der Waals surface area contributed by atoms with E-state index >= 15 is 0 Å². The van der Waals surface area contributed by atoms with Gasteiger partial charge in [0, 0.05) is 12.6 Å². The maximum atomic E-state index is 11.9. The summed E-state index contributed by atoms with van der Waals surface area (Å²) < 4.78 is 0. The van der Waals surface area contributed by atoms with Crippen LogP contribution in [0.5, 0.6) is 0 Å². The lowest BCUT2D eigenvalue weighted by molar-refractivity contribution is -0.114. The summed E-state index contributed by atoms with van der Waals surface area (Å²) in [5.41, 5.74) is 12.0. The lowest BCUT2D eigenvalue weighted by atomic mass is 9.87. The fraction of sp³-hybridized carbons (Fsp3) is 0.412. The predicted octanol–water partition coefficient (Wildman–Crippen LogP) is 1.45. The van der Waals surface area contributed by atoms with Gasteiger partial charge in [-0.25, -0.2) is 9.79 Å². The summed E-state index contributed by atoms with van der Waals surface area (Å²) in [5.74, 6) is -1.19. The van der Waals surface area contributed by atoms with Crippen LogP contribution in [0, 0.1) is 0 Å². The van der Waals surface area contributed by atoms with Gasteiger partial charge in [0.25, 0.3) is 0 Å². The van der Waals surface area contributed by atoms with Crippen LogP contribution in [-0.4, -0.2) is 34.6 Å². The van der Waals surface area contributed by atoms with Crippen molar-refractivity contribution in [3.63, 3.8) is 0 Å². The normalized spacial score (nSPS) is 18.9. The van der Waals surface area contributed by atoms with Crippen LogP contribution in [0.25, 0.3) is 0 Å². The Morgan fingerprint density at radius 2 is 1.92 bits per heavy atom. The second-order valence-corrected chi connectivity index (χ2v) is 6.54. The molecule has 1 saturated carbocycles. The molecule has 1 aliphatic heterocycles. The van der Waals surface area contributed by atoms with Gasteiger partial charge in [0.05, 0.1) is 11.3 Å². The molecular formula is C17H22N6O3. The maximum Gasteiger partial charge on any atom is 0.337 e. The summed E-state index contributed by atoms with van der Waals surface area (Å²) in [6.45, 7) is 1.36. The maximum absolute atomic E-state index is 11.9. The average molecular weight is 358 g/mol. The molecule has 1 amide bonds. The topological polar surface area (TPSA) is 146 Å². The standard InChI is InChI=1S/C17H22N6O3/c1-10(24)20-11-5-6-13(12(9-11)14(25)26)23-16(19)21-15(18)22-17(23)7-3-2-4-8-17/h5-6,9H,2-4,7-8H2,1H3,(H,20,24)(H,25,26)(H4,18,19,21,22). The number of carboxylic acid groups (broad SMARTS) is 1. The molecule has 3 rings (SSSR count). The highest BCUT2D eigenvalue weighted by Gasteiger charge is 2.43. The molecule has 0 aromatic heterocycles. The van der Waals surface area contributed by atoms with Gasteiger partial charge >= 0.3 is 5.97 Å². The number of aromatic carboxylic acids is 1. The Hall–Kier alpha value is -3.10. The van der Waals surface area contributed by atoms with Crippen LogP contribution in [0.15, 0.2) is 28.2 Å². The number of nitrogens with one attached hydrogen (secondary N) is 1. The third-order valence-electron chi connectivity index (χ3n) is 4.64. The van der Waals surface area contributed by atoms with Gasteiger partial charge in [0.2, 0.25) is 17.8 Å². The zero-order chi connectivity index (χ0) is 18.9. The second kappa shape index (κ2) is 6.66. The van der Waals surface area contributed by atoms with Crippen molar-refractivity contribution in [2.75, 3.05) is 10.2 Å². The van der Waals surface area contributed by atoms with Crippen LogP contribution < -0.4 is 21.7 Å². The molecule has 1 spiro atoms. The summed E-state index contributed by atoms with van der Waals surface area (Å²) >= 11 is 0. The first kappa shape index (κ1) is 17.7. The lowest BCUT2D eigenvalue weighted by Gasteiger charge is -2.46. The summed E-state index contributed by atoms with van der Waals surface area (Å²) in [5, 5.41) is 12.3. The molecule has 2 aliphatic rings. The summed E-state index contributed by atoms with van der Waals surface area (Å²) in [7, 11) is 0. The number of hydrogen-bond donors (Lipinski definition) is 4. The molecule has 1 aromatic rings. The van der Waals surface area contributed by atoms with E-state index in [4.69, 9.17) is 11.5 Å². The quantitative estimate of drug-likeness (QED) is 0.643. The van der Waals surface area contributed by atoms with Gasteiger partial charge in [-0.15, -0.1) is 0 Å². The highest BCUT2D eigenvalue weighted by Crippen LogP contribution is 2.41. The number of nitrogens with two attached hydrogens (primary N) is 2. The van der Waals surface area contributed by atoms with E-state index in [1.54, 1.807) is 17.0 Å². The molecule has 1 heterocycles. The van der Waals surface area contributed by atoms with Gasteiger partial charge in [-0.3, -0.25) is 9.69 Å². The van der Waals surface area contributed by atoms with E-state index in [2.05, 4.69) is 15.3 Å². The minimum atomic E-state index is -1.13. The number of carbonyl (C=O) groups excluding carboxylic acids is 1. The Labute approximate surface area is 150 Å². The number of amides is 1. The Bertz CT molecular complexity index is 811. The Morgan fingerprint density at radius 1 is 1.23 bits per heavy atom. The van der Waals surface area contributed by atoms with Crippen LogP contribution in [-0.2, 0) is 4.79 Å². The van der Waals surface area contributed by atoms with Gasteiger partial charge in [0.1, 0.15) is 5.66 Å². The fourth-order valence-corrected chi connectivity index (χ4v) is 3.65. The minimum absolute atomic E-state index is 0.00928. The first-order valence-electron chi connectivity index (χ1n) is 8.47. The van der Waals surface area contributed by atoms with Crippen LogP contribution in [0.1, 0.15) is 49.4 Å². The van der Waals surface area contributed by atoms with Crippen molar-refractivity contribution in [2.45, 2.75) is 44.7 Å².